The summed E-state index contributed by atoms with van der Waals surface area (Å²) < 4.78 is 0. The van der Waals surface area contributed by atoms with Gasteiger partial charge < -0.3 is 4.90 Å². The SMILES string of the molecule is CN(C)c1cccc(-c2nc(Cl)c3ccc(Cl)cc3n2)c1. The van der Waals surface area contributed by atoms with Gasteiger partial charge in [-0.2, -0.15) is 0 Å². The number of benzene rings is 2. The van der Waals surface area contributed by atoms with E-state index in [-0.39, 0.29) is 0 Å². The molecule has 21 heavy (non-hydrogen) atoms. The van der Waals surface area contributed by atoms with E-state index in [9.17, 15) is 0 Å². The third kappa shape index (κ3) is 2.80. The monoisotopic (exact) mass is 317 g/mol. The summed E-state index contributed by atoms with van der Waals surface area (Å²) in [5.74, 6) is 0.596. The summed E-state index contributed by atoms with van der Waals surface area (Å²) in [4.78, 5) is 11.0. The molecule has 5 heteroatoms. The second-order valence-electron chi connectivity index (χ2n) is 4.94. The molecule has 0 fully saturated rings. The Morgan fingerprint density at radius 3 is 2.52 bits per heavy atom. The molecule has 1 heterocycles. The van der Waals surface area contributed by atoms with E-state index in [1.807, 2.05) is 49.3 Å². The van der Waals surface area contributed by atoms with E-state index in [0.717, 1.165) is 22.2 Å². The van der Waals surface area contributed by atoms with E-state index in [1.165, 1.54) is 0 Å². The summed E-state index contributed by atoms with van der Waals surface area (Å²) in [6.45, 7) is 0. The molecule has 0 N–H and O–H groups in total. The Balaban J connectivity index is 2.18. The van der Waals surface area contributed by atoms with Crippen LogP contribution in [0.15, 0.2) is 42.5 Å². The minimum Gasteiger partial charge on any atom is -0.378 e. The first-order valence-electron chi connectivity index (χ1n) is 6.45. The normalized spacial score (nSPS) is 10.9. The average Bonchev–Trinajstić information content (AvgIpc) is 2.46. The Labute approximate surface area is 133 Å². The highest BCUT2D eigenvalue weighted by Gasteiger charge is 2.09. The molecule has 3 aromatic rings. The average molecular weight is 318 g/mol. The quantitative estimate of drug-likeness (QED) is 0.643. The van der Waals surface area contributed by atoms with Crippen molar-refractivity contribution in [2.75, 3.05) is 19.0 Å². The van der Waals surface area contributed by atoms with Crippen LogP contribution in [-0.2, 0) is 0 Å². The van der Waals surface area contributed by atoms with Gasteiger partial charge >= 0.3 is 0 Å². The molecule has 0 aliphatic rings. The van der Waals surface area contributed by atoms with Gasteiger partial charge in [-0.15, -0.1) is 0 Å². The molecule has 0 amide bonds. The molecule has 0 aliphatic heterocycles. The topological polar surface area (TPSA) is 29.0 Å². The van der Waals surface area contributed by atoms with Crippen molar-refractivity contribution in [1.82, 2.24) is 9.97 Å². The molecule has 2 aromatic carbocycles. The minimum absolute atomic E-state index is 0.432. The molecule has 3 rings (SSSR count). The number of hydrogen-bond donors (Lipinski definition) is 0. The second kappa shape index (κ2) is 5.51. The van der Waals surface area contributed by atoms with Crippen LogP contribution in [0.5, 0.6) is 0 Å². The van der Waals surface area contributed by atoms with E-state index < -0.39 is 0 Å². The largest absolute Gasteiger partial charge is 0.378 e. The number of anilines is 1. The summed E-state index contributed by atoms with van der Waals surface area (Å²) in [6, 6.07) is 13.4. The van der Waals surface area contributed by atoms with Crippen LogP contribution in [0.2, 0.25) is 10.2 Å². The molecule has 0 unspecified atom stereocenters. The molecule has 0 bridgehead atoms. The molecule has 0 saturated carbocycles. The van der Waals surface area contributed by atoms with Crippen LogP contribution < -0.4 is 4.90 Å². The standard InChI is InChI=1S/C16H13Cl2N3/c1-21(2)12-5-3-4-10(8-12)16-19-14-9-11(17)6-7-13(14)15(18)20-16/h3-9H,1-2H3. The summed E-state index contributed by atoms with van der Waals surface area (Å²) in [7, 11) is 3.99. The summed E-state index contributed by atoms with van der Waals surface area (Å²) >= 11 is 12.3. The molecular formula is C16H13Cl2N3. The van der Waals surface area contributed by atoms with Crippen LogP contribution in [0.4, 0.5) is 5.69 Å². The summed E-state index contributed by atoms with van der Waals surface area (Å²) in [5, 5.41) is 1.86. The van der Waals surface area contributed by atoms with Crippen molar-refractivity contribution in [3.63, 3.8) is 0 Å². The van der Waals surface area contributed by atoms with Crippen molar-refractivity contribution in [3.05, 3.63) is 52.6 Å². The molecule has 106 valence electrons. The molecular weight excluding hydrogens is 305 g/mol. The first kappa shape index (κ1) is 14.1. The van der Waals surface area contributed by atoms with Gasteiger partial charge in [0.15, 0.2) is 5.82 Å². The Hall–Kier alpha value is -1.84. The Bertz CT molecular complexity index is 816. The van der Waals surface area contributed by atoms with E-state index in [2.05, 4.69) is 9.97 Å². The van der Waals surface area contributed by atoms with Crippen molar-refractivity contribution in [2.24, 2.45) is 0 Å². The zero-order valence-corrected chi connectivity index (χ0v) is 13.2. The minimum atomic E-state index is 0.432. The molecule has 0 atom stereocenters. The van der Waals surface area contributed by atoms with E-state index in [1.54, 1.807) is 12.1 Å². The Morgan fingerprint density at radius 2 is 1.76 bits per heavy atom. The maximum absolute atomic E-state index is 6.26. The fourth-order valence-electron chi connectivity index (χ4n) is 2.12. The van der Waals surface area contributed by atoms with Crippen molar-refractivity contribution in [2.45, 2.75) is 0 Å². The molecule has 3 nitrogen and oxygen atoms in total. The van der Waals surface area contributed by atoms with E-state index >= 15 is 0 Å². The highest BCUT2D eigenvalue weighted by molar-refractivity contribution is 6.35. The van der Waals surface area contributed by atoms with Crippen molar-refractivity contribution >= 4 is 39.8 Å². The van der Waals surface area contributed by atoms with Gasteiger partial charge in [0, 0.05) is 35.8 Å². The maximum atomic E-state index is 6.26. The smallest absolute Gasteiger partial charge is 0.161 e. The predicted octanol–water partition coefficient (Wildman–Crippen LogP) is 4.67. The van der Waals surface area contributed by atoms with Crippen LogP contribution in [0.3, 0.4) is 0 Å². The third-order valence-corrected chi connectivity index (χ3v) is 3.76. The number of nitrogens with zero attached hydrogens (tertiary/aromatic N) is 3. The predicted molar refractivity (Wildman–Crippen MR) is 89.3 cm³/mol. The zero-order chi connectivity index (χ0) is 15.0. The van der Waals surface area contributed by atoms with Gasteiger partial charge in [0.05, 0.1) is 5.52 Å². The van der Waals surface area contributed by atoms with Gasteiger partial charge in [-0.25, -0.2) is 9.97 Å². The van der Waals surface area contributed by atoms with Crippen LogP contribution >= 0.6 is 23.2 Å². The highest BCUT2D eigenvalue weighted by atomic mass is 35.5. The fourth-order valence-corrected chi connectivity index (χ4v) is 2.52. The van der Waals surface area contributed by atoms with Crippen LogP contribution in [0.25, 0.3) is 22.3 Å². The molecule has 1 aromatic heterocycles. The van der Waals surface area contributed by atoms with Gasteiger partial charge in [0.25, 0.3) is 0 Å². The van der Waals surface area contributed by atoms with Crippen LogP contribution in [0, 0.1) is 0 Å². The number of halogens is 2. The number of aromatic nitrogens is 2. The maximum Gasteiger partial charge on any atom is 0.161 e. The van der Waals surface area contributed by atoms with Crippen molar-refractivity contribution < 1.29 is 0 Å². The lowest BCUT2D eigenvalue weighted by molar-refractivity contribution is 1.13. The molecule has 0 spiro atoms. The number of rotatable bonds is 2. The lowest BCUT2D eigenvalue weighted by Crippen LogP contribution is -2.08. The Morgan fingerprint density at radius 1 is 0.952 bits per heavy atom. The lowest BCUT2D eigenvalue weighted by atomic mass is 10.1. The van der Waals surface area contributed by atoms with Gasteiger partial charge in [0.2, 0.25) is 0 Å². The molecule has 0 radical (unpaired) electrons. The Kier molecular flexibility index (Phi) is 3.70. The zero-order valence-electron chi connectivity index (χ0n) is 11.6. The third-order valence-electron chi connectivity index (χ3n) is 3.23. The number of fused-ring (bicyclic) bond motifs is 1. The summed E-state index contributed by atoms with van der Waals surface area (Å²) in [5.41, 5.74) is 2.75. The first-order chi connectivity index (χ1) is 10.0. The van der Waals surface area contributed by atoms with Crippen LogP contribution in [0.1, 0.15) is 0 Å². The fraction of sp³-hybridized carbons (Fsp3) is 0.125. The summed E-state index contributed by atoms with van der Waals surface area (Å²) in [6.07, 6.45) is 0. The van der Waals surface area contributed by atoms with Gasteiger partial charge in [0.1, 0.15) is 5.15 Å². The van der Waals surface area contributed by atoms with Gasteiger partial charge in [-0.05, 0) is 30.3 Å². The molecule has 0 saturated heterocycles. The van der Waals surface area contributed by atoms with Crippen molar-refractivity contribution in [3.8, 4) is 11.4 Å². The molecule has 0 aliphatic carbocycles. The van der Waals surface area contributed by atoms with Crippen molar-refractivity contribution in [1.29, 1.82) is 0 Å². The van der Waals surface area contributed by atoms with E-state index in [4.69, 9.17) is 23.2 Å². The first-order valence-corrected chi connectivity index (χ1v) is 7.21. The van der Waals surface area contributed by atoms with Gasteiger partial charge in [-0.3, -0.25) is 0 Å². The van der Waals surface area contributed by atoms with E-state index in [0.29, 0.717) is 16.0 Å². The highest BCUT2D eigenvalue weighted by Crippen LogP contribution is 2.28. The lowest BCUT2D eigenvalue weighted by Gasteiger charge is -2.13. The van der Waals surface area contributed by atoms with Crippen LogP contribution in [-0.4, -0.2) is 24.1 Å². The van der Waals surface area contributed by atoms with Gasteiger partial charge in [-0.1, -0.05) is 35.3 Å². The number of hydrogen-bond acceptors (Lipinski definition) is 3. The second-order valence-corrected chi connectivity index (χ2v) is 5.74.